The maximum absolute atomic E-state index is 13.3. The Morgan fingerprint density at radius 3 is 2.67 bits per heavy atom. The zero-order valence-corrected chi connectivity index (χ0v) is 13.2. The predicted octanol–water partition coefficient (Wildman–Crippen LogP) is 3.88. The molecule has 1 N–H and O–H groups in total. The van der Waals surface area contributed by atoms with Crippen LogP contribution in [0.25, 0.3) is 0 Å². The number of nitrogens with one attached hydrogen (secondary N) is 1. The van der Waals surface area contributed by atoms with Crippen LogP contribution in [0.4, 0.5) is 10.1 Å². The first-order valence-corrected chi connectivity index (χ1v) is 8.41. The fourth-order valence-corrected chi connectivity index (χ4v) is 4.02. The highest BCUT2D eigenvalue weighted by Crippen LogP contribution is 2.31. The van der Waals surface area contributed by atoms with Gasteiger partial charge < -0.3 is 10.2 Å². The van der Waals surface area contributed by atoms with Gasteiger partial charge >= 0.3 is 0 Å². The highest BCUT2D eigenvalue weighted by atomic mass is 19.1. The molecule has 116 valence electrons. The molecule has 0 aromatic heterocycles. The molecule has 1 aliphatic carbocycles. The first-order valence-electron chi connectivity index (χ1n) is 8.41. The van der Waals surface area contributed by atoms with Crippen LogP contribution < -0.4 is 10.2 Å². The Hall–Kier alpha value is -1.09. The average Bonchev–Trinajstić information content (AvgIpc) is 2.49. The normalized spacial score (nSPS) is 27.9. The number of hydrogen-bond donors (Lipinski definition) is 1. The fourth-order valence-electron chi connectivity index (χ4n) is 4.02. The van der Waals surface area contributed by atoms with Gasteiger partial charge in [0.25, 0.3) is 0 Å². The summed E-state index contributed by atoms with van der Waals surface area (Å²) in [7, 11) is 0. The van der Waals surface area contributed by atoms with Gasteiger partial charge in [-0.05, 0) is 56.4 Å². The summed E-state index contributed by atoms with van der Waals surface area (Å²) < 4.78 is 13.3. The van der Waals surface area contributed by atoms with E-state index in [1.807, 2.05) is 13.0 Å². The van der Waals surface area contributed by atoms with Crippen LogP contribution in [0.3, 0.4) is 0 Å². The molecule has 1 aliphatic heterocycles. The number of nitrogens with zero attached hydrogens (tertiary/aromatic N) is 1. The highest BCUT2D eigenvalue weighted by Gasteiger charge is 2.31. The van der Waals surface area contributed by atoms with Gasteiger partial charge in [0.05, 0.1) is 0 Å². The molecule has 1 aromatic carbocycles. The lowest BCUT2D eigenvalue weighted by atomic mass is 9.82. The van der Waals surface area contributed by atoms with Gasteiger partial charge in [0, 0.05) is 30.9 Å². The Labute approximate surface area is 127 Å². The number of piperazine rings is 1. The van der Waals surface area contributed by atoms with E-state index in [1.54, 1.807) is 12.1 Å². The van der Waals surface area contributed by atoms with Crippen LogP contribution in [0.1, 0.15) is 44.6 Å². The minimum Gasteiger partial charge on any atom is -0.366 e. The van der Waals surface area contributed by atoms with Gasteiger partial charge in [-0.15, -0.1) is 0 Å². The molecule has 2 aliphatic rings. The van der Waals surface area contributed by atoms with E-state index in [1.165, 1.54) is 37.8 Å². The molecular weight excluding hydrogens is 263 g/mol. The summed E-state index contributed by atoms with van der Waals surface area (Å²) in [6.45, 7) is 6.35. The molecule has 2 nitrogen and oxygen atoms in total. The smallest absolute Gasteiger partial charge is 0.123 e. The lowest BCUT2D eigenvalue weighted by Gasteiger charge is -2.44. The number of halogens is 1. The molecule has 0 spiro atoms. The maximum atomic E-state index is 13.3. The van der Waals surface area contributed by atoms with Crippen LogP contribution >= 0.6 is 0 Å². The SMILES string of the molecule is Cc1cc(F)ccc1N1CC(C2CCCCC2)NCC1C. The zero-order chi connectivity index (χ0) is 14.8. The third-order valence-corrected chi connectivity index (χ3v) is 5.29. The minimum atomic E-state index is -0.136. The van der Waals surface area contributed by atoms with Crippen molar-refractivity contribution in [2.75, 3.05) is 18.0 Å². The molecule has 1 heterocycles. The molecule has 0 amide bonds. The van der Waals surface area contributed by atoms with Crippen molar-refractivity contribution < 1.29 is 4.39 Å². The van der Waals surface area contributed by atoms with Crippen LogP contribution in [0.15, 0.2) is 18.2 Å². The summed E-state index contributed by atoms with van der Waals surface area (Å²) in [5.41, 5.74) is 2.25. The summed E-state index contributed by atoms with van der Waals surface area (Å²) >= 11 is 0. The Bertz CT molecular complexity index is 482. The van der Waals surface area contributed by atoms with Gasteiger partial charge in [0.2, 0.25) is 0 Å². The number of benzene rings is 1. The summed E-state index contributed by atoms with van der Waals surface area (Å²) in [6.07, 6.45) is 6.90. The molecule has 21 heavy (non-hydrogen) atoms. The van der Waals surface area contributed by atoms with Gasteiger partial charge in [-0.3, -0.25) is 0 Å². The van der Waals surface area contributed by atoms with E-state index < -0.39 is 0 Å². The van der Waals surface area contributed by atoms with Crippen LogP contribution in [-0.2, 0) is 0 Å². The first kappa shape index (κ1) is 14.8. The van der Waals surface area contributed by atoms with E-state index in [0.717, 1.165) is 24.6 Å². The van der Waals surface area contributed by atoms with E-state index in [2.05, 4.69) is 17.1 Å². The van der Waals surface area contributed by atoms with E-state index in [-0.39, 0.29) is 5.82 Å². The molecular formula is C18H27FN2. The summed E-state index contributed by atoms with van der Waals surface area (Å²) in [5, 5.41) is 3.75. The molecule has 1 saturated carbocycles. The minimum absolute atomic E-state index is 0.136. The topological polar surface area (TPSA) is 15.3 Å². The van der Waals surface area contributed by atoms with Crippen molar-refractivity contribution in [2.24, 2.45) is 5.92 Å². The molecule has 3 rings (SSSR count). The van der Waals surface area contributed by atoms with Crippen LogP contribution in [-0.4, -0.2) is 25.2 Å². The van der Waals surface area contributed by atoms with E-state index in [0.29, 0.717) is 12.1 Å². The van der Waals surface area contributed by atoms with Gasteiger partial charge in [-0.25, -0.2) is 4.39 Å². The van der Waals surface area contributed by atoms with Crippen molar-refractivity contribution in [3.05, 3.63) is 29.6 Å². The van der Waals surface area contributed by atoms with Crippen molar-refractivity contribution in [1.82, 2.24) is 5.32 Å². The number of hydrogen-bond acceptors (Lipinski definition) is 2. The highest BCUT2D eigenvalue weighted by molar-refractivity contribution is 5.54. The Morgan fingerprint density at radius 1 is 1.19 bits per heavy atom. The number of aryl methyl sites for hydroxylation is 1. The summed E-state index contributed by atoms with van der Waals surface area (Å²) in [4.78, 5) is 2.48. The molecule has 2 unspecified atom stereocenters. The number of anilines is 1. The predicted molar refractivity (Wildman–Crippen MR) is 86.3 cm³/mol. The quantitative estimate of drug-likeness (QED) is 0.889. The monoisotopic (exact) mass is 290 g/mol. The van der Waals surface area contributed by atoms with E-state index in [4.69, 9.17) is 0 Å². The molecule has 3 heteroatoms. The molecule has 0 bridgehead atoms. The molecule has 2 atom stereocenters. The van der Waals surface area contributed by atoms with Gasteiger partial charge in [0.15, 0.2) is 0 Å². The van der Waals surface area contributed by atoms with Crippen LogP contribution in [0, 0.1) is 18.7 Å². The van der Waals surface area contributed by atoms with Crippen LogP contribution in [0.5, 0.6) is 0 Å². The standard InChI is InChI=1S/C18H27FN2/c1-13-10-16(19)8-9-18(13)21-12-17(20-11-14(21)2)15-6-4-3-5-7-15/h8-10,14-15,17,20H,3-7,11-12H2,1-2H3. The molecule has 0 radical (unpaired) electrons. The Balaban J connectivity index is 1.76. The maximum Gasteiger partial charge on any atom is 0.123 e. The summed E-state index contributed by atoms with van der Waals surface area (Å²) in [6, 6.07) is 6.25. The van der Waals surface area contributed by atoms with Crippen molar-refractivity contribution >= 4 is 5.69 Å². The lowest BCUT2D eigenvalue weighted by molar-refractivity contribution is 0.245. The second-order valence-electron chi connectivity index (χ2n) is 6.85. The van der Waals surface area contributed by atoms with Crippen molar-refractivity contribution in [1.29, 1.82) is 0 Å². The van der Waals surface area contributed by atoms with Gasteiger partial charge in [0.1, 0.15) is 5.82 Å². The second-order valence-corrected chi connectivity index (χ2v) is 6.85. The van der Waals surface area contributed by atoms with Crippen LogP contribution in [0.2, 0.25) is 0 Å². The first-order chi connectivity index (χ1) is 10.1. The molecule has 1 aromatic rings. The summed E-state index contributed by atoms with van der Waals surface area (Å²) in [5.74, 6) is 0.678. The fraction of sp³-hybridized carbons (Fsp3) is 0.667. The van der Waals surface area contributed by atoms with Crippen molar-refractivity contribution in [3.8, 4) is 0 Å². The Kier molecular flexibility index (Phi) is 4.48. The third-order valence-electron chi connectivity index (χ3n) is 5.29. The third kappa shape index (κ3) is 3.23. The molecule has 2 fully saturated rings. The largest absolute Gasteiger partial charge is 0.366 e. The van der Waals surface area contributed by atoms with E-state index >= 15 is 0 Å². The Morgan fingerprint density at radius 2 is 1.95 bits per heavy atom. The molecule has 1 saturated heterocycles. The second kappa shape index (κ2) is 6.35. The van der Waals surface area contributed by atoms with Crippen molar-refractivity contribution in [3.63, 3.8) is 0 Å². The van der Waals surface area contributed by atoms with E-state index in [9.17, 15) is 4.39 Å². The number of rotatable bonds is 2. The van der Waals surface area contributed by atoms with Crippen molar-refractivity contribution in [2.45, 2.75) is 58.0 Å². The zero-order valence-electron chi connectivity index (χ0n) is 13.2. The lowest BCUT2D eigenvalue weighted by Crippen LogP contribution is -2.58. The van der Waals surface area contributed by atoms with Gasteiger partial charge in [-0.2, -0.15) is 0 Å². The van der Waals surface area contributed by atoms with Gasteiger partial charge in [-0.1, -0.05) is 19.3 Å². The average molecular weight is 290 g/mol.